The van der Waals surface area contributed by atoms with E-state index in [-0.39, 0.29) is 0 Å². The van der Waals surface area contributed by atoms with Crippen molar-refractivity contribution in [1.29, 1.82) is 5.26 Å². The average Bonchev–Trinajstić information content (AvgIpc) is 2.24. The minimum Gasteiger partial charge on any atom is -0.508 e. The highest BCUT2D eigenvalue weighted by Crippen LogP contribution is 2.14. The lowest BCUT2D eigenvalue weighted by Gasteiger charge is -2.25. The number of nitrogens with zero attached hydrogens (tertiary/aromatic N) is 2. The van der Waals surface area contributed by atoms with Crippen molar-refractivity contribution in [3.63, 3.8) is 0 Å². The van der Waals surface area contributed by atoms with Crippen LogP contribution in [-0.4, -0.2) is 22.6 Å². The number of phenols is 1. The van der Waals surface area contributed by atoms with E-state index in [1.807, 2.05) is 12.1 Å². The molecule has 0 heterocycles. The predicted molar refractivity (Wildman–Crippen MR) is 63.9 cm³/mol. The van der Waals surface area contributed by atoms with Crippen LogP contribution in [0.2, 0.25) is 0 Å². The van der Waals surface area contributed by atoms with E-state index in [4.69, 9.17) is 5.26 Å². The van der Waals surface area contributed by atoms with Gasteiger partial charge in [0.15, 0.2) is 0 Å². The lowest BCUT2D eigenvalue weighted by atomic mass is 10.1. The molecule has 0 unspecified atom stereocenters. The summed E-state index contributed by atoms with van der Waals surface area (Å²) in [5.74, 6) is 0.293. The molecule has 86 valence electrons. The summed E-state index contributed by atoms with van der Waals surface area (Å²) in [6.45, 7) is 5.76. The third-order valence-corrected chi connectivity index (χ3v) is 2.54. The number of hydrogen-bond acceptors (Lipinski definition) is 3. The van der Waals surface area contributed by atoms with E-state index in [0.29, 0.717) is 18.2 Å². The molecule has 0 aliphatic rings. The van der Waals surface area contributed by atoms with Gasteiger partial charge in [0.2, 0.25) is 0 Å². The fourth-order valence-corrected chi connectivity index (χ4v) is 1.60. The van der Waals surface area contributed by atoms with Gasteiger partial charge in [0.05, 0.1) is 6.07 Å². The summed E-state index contributed by atoms with van der Waals surface area (Å²) >= 11 is 0. The Morgan fingerprint density at radius 3 is 2.75 bits per heavy atom. The maximum Gasteiger partial charge on any atom is 0.115 e. The Labute approximate surface area is 96.9 Å². The smallest absolute Gasteiger partial charge is 0.115 e. The van der Waals surface area contributed by atoms with Crippen LogP contribution in [0.25, 0.3) is 0 Å². The van der Waals surface area contributed by atoms with Crippen molar-refractivity contribution < 1.29 is 5.11 Å². The summed E-state index contributed by atoms with van der Waals surface area (Å²) in [5, 5.41) is 18.0. The highest BCUT2D eigenvalue weighted by Gasteiger charge is 2.09. The largest absolute Gasteiger partial charge is 0.508 e. The molecular weight excluding hydrogens is 200 g/mol. The molecule has 0 amide bonds. The van der Waals surface area contributed by atoms with Gasteiger partial charge in [0.25, 0.3) is 0 Å². The third-order valence-electron chi connectivity index (χ3n) is 2.54. The van der Waals surface area contributed by atoms with Crippen LogP contribution in [0.5, 0.6) is 5.75 Å². The van der Waals surface area contributed by atoms with Gasteiger partial charge in [-0.2, -0.15) is 5.26 Å². The topological polar surface area (TPSA) is 47.3 Å². The molecule has 0 aliphatic heterocycles. The van der Waals surface area contributed by atoms with E-state index in [1.165, 1.54) is 0 Å². The monoisotopic (exact) mass is 218 g/mol. The molecule has 0 spiro atoms. The second-order valence-electron chi connectivity index (χ2n) is 4.14. The summed E-state index contributed by atoms with van der Waals surface area (Å²) in [6, 6.07) is 9.82. The summed E-state index contributed by atoms with van der Waals surface area (Å²) < 4.78 is 0. The molecule has 1 N–H and O–H groups in total. The molecule has 0 aromatic heterocycles. The number of aromatic hydroxyl groups is 1. The SMILES string of the molecule is CC(C)N(CCC#N)Cc1cccc(O)c1. The van der Waals surface area contributed by atoms with Gasteiger partial charge in [-0.05, 0) is 31.5 Å². The van der Waals surface area contributed by atoms with Crippen LogP contribution in [0.3, 0.4) is 0 Å². The van der Waals surface area contributed by atoms with Crippen LogP contribution in [-0.2, 0) is 6.54 Å². The molecular formula is C13H18N2O. The van der Waals surface area contributed by atoms with Gasteiger partial charge in [0, 0.05) is 25.6 Å². The molecule has 1 aromatic carbocycles. The third kappa shape index (κ3) is 3.92. The Bertz CT molecular complexity index is 368. The van der Waals surface area contributed by atoms with Crippen LogP contribution in [0.1, 0.15) is 25.8 Å². The van der Waals surface area contributed by atoms with Crippen molar-refractivity contribution in [2.45, 2.75) is 32.9 Å². The van der Waals surface area contributed by atoms with Crippen molar-refractivity contribution in [2.75, 3.05) is 6.54 Å². The molecule has 0 aliphatic carbocycles. The maximum atomic E-state index is 9.37. The van der Waals surface area contributed by atoms with E-state index in [9.17, 15) is 5.11 Å². The molecule has 0 atom stereocenters. The van der Waals surface area contributed by atoms with Crippen molar-refractivity contribution in [2.24, 2.45) is 0 Å². The molecule has 16 heavy (non-hydrogen) atoms. The molecule has 3 heteroatoms. The highest BCUT2D eigenvalue weighted by atomic mass is 16.3. The van der Waals surface area contributed by atoms with Crippen LogP contribution in [0.4, 0.5) is 0 Å². The van der Waals surface area contributed by atoms with Crippen molar-refractivity contribution >= 4 is 0 Å². The molecule has 1 rings (SSSR count). The predicted octanol–water partition coefficient (Wildman–Crippen LogP) is 2.52. The first-order valence-electron chi connectivity index (χ1n) is 5.52. The Morgan fingerprint density at radius 1 is 1.44 bits per heavy atom. The van der Waals surface area contributed by atoms with E-state index >= 15 is 0 Å². The number of rotatable bonds is 5. The first-order chi connectivity index (χ1) is 7.63. The lowest BCUT2D eigenvalue weighted by molar-refractivity contribution is 0.217. The molecule has 1 aromatic rings. The molecule has 0 bridgehead atoms. The average molecular weight is 218 g/mol. The Balaban J connectivity index is 2.64. The minimum absolute atomic E-state index is 0.293. The molecule has 0 saturated heterocycles. The second kappa shape index (κ2) is 6.14. The van der Waals surface area contributed by atoms with Crippen molar-refractivity contribution in [1.82, 2.24) is 4.90 Å². The lowest BCUT2D eigenvalue weighted by Crippen LogP contribution is -2.31. The summed E-state index contributed by atoms with van der Waals surface area (Å²) in [6.07, 6.45) is 0.539. The zero-order valence-electron chi connectivity index (χ0n) is 9.85. The highest BCUT2D eigenvalue weighted by molar-refractivity contribution is 5.27. The Morgan fingerprint density at radius 2 is 2.19 bits per heavy atom. The van der Waals surface area contributed by atoms with Crippen LogP contribution < -0.4 is 0 Å². The zero-order valence-corrected chi connectivity index (χ0v) is 9.85. The standard InChI is InChI=1S/C13H18N2O/c1-11(2)15(8-4-7-14)10-12-5-3-6-13(16)9-12/h3,5-6,9,11,16H,4,8,10H2,1-2H3. The van der Waals surface area contributed by atoms with Crippen LogP contribution >= 0.6 is 0 Å². The van der Waals surface area contributed by atoms with Crippen LogP contribution in [0, 0.1) is 11.3 Å². The van der Waals surface area contributed by atoms with Crippen LogP contribution in [0.15, 0.2) is 24.3 Å². The normalized spacial score (nSPS) is 10.7. The van der Waals surface area contributed by atoms with Gasteiger partial charge >= 0.3 is 0 Å². The van der Waals surface area contributed by atoms with Gasteiger partial charge in [-0.25, -0.2) is 0 Å². The first kappa shape index (κ1) is 12.5. The Hall–Kier alpha value is -1.53. The van der Waals surface area contributed by atoms with E-state index in [1.54, 1.807) is 12.1 Å². The van der Waals surface area contributed by atoms with E-state index < -0.39 is 0 Å². The van der Waals surface area contributed by atoms with Crippen molar-refractivity contribution in [3.05, 3.63) is 29.8 Å². The van der Waals surface area contributed by atoms with E-state index in [2.05, 4.69) is 24.8 Å². The number of benzene rings is 1. The minimum atomic E-state index is 0.293. The Kier molecular flexibility index (Phi) is 4.81. The number of hydrogen-bond donors (Lipinski definition) is 1. The molecule has 0 radical (unpaired) electrons. The fourth-order valence-electron chi connectivity index (χ4n) is 1.60. The van der Waals surface area contributed by atoms with E-state index in [0.717, 1.165) is 18.7 Å². The molecule has 0 saturated carbocycles. The number of phenolic OH excluding ortho intramolecular Hbond substituents is 1. The maximum absolute atomic E-state index is 9.37. The van der Waals surface area contributed by atoms with Gasteiger partial charge in [0.1, 0.15) is 5.75 Å². The number of nitriles is 1. The quantitative estimate of drug-likeness (QED) is 0.826. The summed E-state index contributed by atoms with van der Waals surface area (Å²) in [4.78, 5) is 2.22. The van der Waals surface area contributed by atoms with Gasteiger partial charge < -0.3 is 5.11 Å². The second-order valence-corrected chi connectivity index (χ2v) is 4.14. The molecule has 0 fully saturated rings. The first-order valence-corrected chi connectivity index (χ1v) is 5.52. The zero-order chi connectivity index (χ0) is 12.0. The fraction of sp³-hybridized carbons (Fsp3) is 0.462. The van der Waals surface area contributed by atoms with Gasteiger partial charge in [-0.1, -0.05) is 12.1 Å². The molecule has 3 nitrogen and oxygen atoms in total. The van der Waals surface area contributed by atoms with Gasteiger partial charge in [-0.15, -0.1) is 0 Å². The van der Waals surface area contributed by atoms with Crippen molar-refractivity contribution in [3.8, 4) is 11.8 Å². The van der Waals surface area contributed by atoms with Gasteiger partial charge in [-0.3, -0.25) is 4.90 Å². The summed E-state index contributed by atoms with van der Waals surface area (Å²) in [5.41, 5.74) is 1.08. The summed E-state index contributed by atoms with van der Waals surface area (Å²) in [7, 11) is 0.